The van der Waals surface area contributed by atoms with Gasteiger partial charge in [-0.05, 0) is 37.6 Å². The van der Waals surface area contributed by atoms with Crippen LogP contribution in [0.2, 0.25) is 0 Å². The molecule has 0 saturated carbocycles. The van der Waals surface area contributed by atoms with Crippen molar-refractivity contribution >= 4 is 12.4 Å². The highest BCUT2D eigenvalue weighted by atomic mass is 35.5. The maximum Gasteiger partial charge on any atom is 0.346 e. The molecule has 3 aromatic rings. The average molecular weight is 403 g/mol. The Bertz CT molecular complexity index is 964. The van der Waals surface area contributed by atoms with Gasteiger partial charge in [-0.3, -0.25) is 4.57 Å². The van der Waals surface area contributed by atoms with Crippen LogP contribution in [0.15, 0.2) is 59.4 Å². The first-order valence-electron chi connectivity index (χ1n) is 9.38. The molecule has 1 N–H and O–H groups in total. The van der Waals surface area contributed by atoms with Crippen molar-refractivity contribution in [2.24, 2.45) is 0 Å². The van der Waals surface area contributed by atoms with Crippen molar-refractivity contribution in [2.45, 2.75) is 31.8 Å². The maximum atomic E-state index is 14.1. The van der Waals surface area contributed by atoms with Crippen LogP contribution < -0.4 is 11.0 Å². The molecule has 0 aliphatic carbocycles. The summed E-state index contributed by atoms with van der Waals surface area (Å²) in [5, 5.41) is 7.99. The molecule has 0 bridgehead atoms. The summed E-state index contributed by atoms with van der Waals surface area (Å²) >= 11 is 0. The van der Waals surface area contributed by atoms with Gasteiger partial charge in [-0.2, -0.15) is 5.10 Å². The predicted octanol–water partition coefficient (Wildman–Crippen LogP) is 3.17. The quantitative estimate of drug-likeness (QED) is 0.713. The van der Waals surface area contributed by atoms with Gasteiger partial charge in [0.05, 0.1) is 13.1 Å². The Morgan fingerprint density at radius 1 is 1.00 bits per heavy atom. The zero-order chi connectivity index (χ0) is 18.6. The third kappa shape index (κ3) is 4.34. The summed E-state index contributed by atoms with van der Waals surface area (Å²) in [6.07, 6.45) is 1.90. The van der Waals surface area contributed by atoms with Crippen molar-refractivity contribution in [3.8, 4) is 0 Å². The Balaban J connectivity index is 0.00000225. The second-order valence-corrected chi connectivity index (χ2v) is 6.99. The predicted molar refractivity (Wildman–Crippen MR) is 110 cm³/mol. The fraction of sp³-hybridized carbons (Fsp3) is 0.333. The minimum Gasteiger partial charge on any atom is -0.317 e. The van der Waals surface area contributed by atoms with Crippen LogP contribution in [0, 0.1) is 5.82 Å². The molecule has 148 valence electrons. The zero-order valence-corrected chi connectivity index (χ0v) is 16.4. The van der Waals surface area contributed by atoms with Gasteiger partial charge in [-0.1, -0.05) is 48.5 Å². The van der Waals surface area contributed by atoms with Crippen LogP contribution >= 0.6 is 12.4 Å². The average Bonchev–Trinajstić information content (AvgIpc) is 3.01. The molecule has 7 heteroatoms. The van der Waals surface area contributed by atoms with E-state index in [0.717, 1.165) is 37.3 Å². The topological polar surface area (TPSA) is 51.9 Å². The van der Waals surface area contributed by atoms with E-state index in [-0.39, 0.29) is 36.4 Å². The molecule has 0 amide bonds. The molecule has 0 radical (unpaired) electrons. The minimum absolute atomic E-state index is 0. The molecule has 1 aliphatic rings. The van der Waals surface area contributed by atoms with Crippen LogP contribution in [-0.4, -0.2) is 27.4 Å². The van der Waals surface area contributed by atoms with E-state index >= 15 is 0 Å². The molecule has 28 heavy (non-hydrogen) atoms. The summed E-state index contributed by atoms with van der Waals surface area (Å²) in [7, 11) is 0. The number of halogens is 2. The third-order valence-electron chi connectivity index (χ3n) is 5.12. The van der Waals surface area contributed by atoms with Crippen LogP contribution in [-0.2, 0) is 13.1 Å². The van der Waals surface area contributed by atoms with E-state index in [1.54, 1.807) is 22.8 Å². The molecular formula is C21H24ClFN4O. The normalized spacial score (nSPS) is 14.6. The van der Waals surface area contributed by atoms with Gasteiger partial charge in [-0.15, -0.1) is 12.4 Å². The summed E-state index contributed by atoms with van der Waals surface area (Å²) in [6, 6.07) is 16.4. The first kappa shape index (κ1) is 20.3. The number of piperidine rings is 1. The first-order chi connectivity index (χ1) is 13.2. The molecule has 2 aromatic carbocycles. The van der Waals surface area contributed by atoms with Crippen LogP contribution in [0.25, 0.3) is 0 Å². The molecule has 1 aliphatic heterocycles. The zero-order valence-electron chi connectivity index (χ0n) is 15.6. The molecule has 1 saturated heterocycles. The van der Waals surface area contributed by atoms with E-state index in [2.05, 4.69) is 10.4 Å². The number of aromatic nitrogens is 3. The third-order valence-corrected chi connectivity index (χ3v) is 5.12. The first-order valence-corrected chi connectivity index (χ1v) is 9.38. The highest BCUT2D eigenvalue weighted by Crippen LogP contribution is 2.23. The lowest BCUT2D eigenvalue weighted by Gasteiger charge is -2.22. The Labute approximate surface area is 169 Å². The van der Waals surface area contributed by atoms with Crippen LogP contribution in [0.5, 0.6) is 0 Å². The van der Waals surface area contributed by atoms with Crippen molar-refractivity contribution in [2.75, 3.05) is 13.1 Å². The van der Waals surface area contributed by atoms with Crippen molar-refractivity contribution < 1.29 is 4.39 Å². The van der Waals surface area contributed by atoms with Gasteiger partial charge in [0.2, 0.25) is 0 Å². The Kier molecular flexibility index (Phi) is 6.65. The van der Waals surface area contributed by atoms with Crippen molar-refractivity contribution in [3.05, 3.63) is 87.9 Å². The summed E-state index contributed by atoms with van der Waals surface area (Å²) < 4.78 is 17.2. The lowest BCUT2D eigenvalue weighted by atomic mass is 9.97. The van der Waals surface area contributed by atoms with Crippen LogP contribution in [0.4, 0.5) is 4.39 Å². The highest BCUT2D eigenvalue weighted by molar-refractivity contribution is 5.85. The van der Waals surface area contributed by atoms with E-state index < -0.39 is 0 Å². The molecule has 5 nitrogen and oxygen atoms in total. The summed E-state index contributed by atoms with van der Waals surface area (Å²) in [5.41, 5.74) is 1.34. The molecular weight excluding hydrogens is 379 g/mol. The van der Waals surface area contributed by atoms with Crippen molar-refractivity contribution in [1.29, 1.82) is 0 Å². The monoisotopic (exact) mass is 402 g/mol. The van der Waals surface area contributed by atoms with Crippen molar-refractivity contribution in [3.63, 3.8) is 0 Å². The van der Waals surface area contributed by atoms with E-state index in [1.165, 1.54) is 10.7 Å². The number of hydrogen-bond donors (Lipinski definition) is 1. The number of benzene rings is 2. The minimum atomic E-state index is -0.314. The fourth-order valence-corrected chi connectivity index (χ4v) is 3.65. The Morgan fingerprint density at radius 3 is 2.39 bits per heavy atom. The van der Waals surface area contributed by atoms with Gasteiger partial charge >= 0.3 is 5.69 Å². The van der Waals surface area contributed by atoms with Gasteiger partial charge in [0.15, 0.2) is 0 Å². The van der Waals surface area contributed by atoms with Gasteiger partial charge in [-0.25, -0.2) is 13.9 Å². The second-order valence-electron chi connectivity index (χ2n) is 6.99. The summed E-state index contributed by atoms with van der Waals surface area (Å²) in [5.74, 6) is 0.733. The van der Waals surface area contributed by atoms with Crippen LogP contribution in [0.3, 0.4) is 0 Å². The van der Waals surface area contributed by atoms with E-state index in [9.17, 15) is 9.18 Å². The van der Waals surface area contributed by atoms with Gasteiger partial charge < -0.3 is 5.32 Å². The van der Waals surface area contributed by atoms with Crippen molar-refractivity contribution in [1.82, 2.24) is 19.7 Å². The summed E-state index contributed by atoms with van der Waals surface area (Å²) in [6.45, 7) is 2.47. The highest BCUT2D eigenvalue weighted by Gasteiger charge is 2.24. The molecule has 1 fully saturated rings. The lowest BCUT2D eigenvalue weighted by Crippen LogP contribution is -2.30. The number of nitrogens with one attached hydrogen (secondary N) is 1. The Hall–Kier alpha value is -2.44. The SMILES string of the molecule is Cl.O=c1n(Cc2ccccc2F)nc(C2CCNCC2)n1Cc1ccccc1. The number of nitrogens with zero attached hydrogens (tertiary/aromatic N) is 3. The van der Waals surface area contributed by atoms with E-state index in [4.69, 9.17) is 0 Å². The van der Waals surface area contributed by atoms with Gasteiger partial charge in [0.25, 0.3) is 0 Å². The molecule has 2 heterocycles. The molecule has 0 atom stereocenters. The largest absolute Gasteiger partial charge is 0.346 e. The fourth-order valence-electron chi connectivity index (χ4n) is 3.65. The van der Waals surface area contributed by atoms with Crippen LogP contribution in [0.1, 0.15) is 35.7 Å². The number of rotatable bonds is 5. The smallest absolute Gasteiger partial charge is 0.317 e. The number of hydrogen-bond acceptors (Lipinski definition) is 3. The molecule has 1 aromatic heterocycles. The second kappa shape index (κ2) is 9.17. The standard InChI is InChI=1S/C21H23FN4O.ClH/c22-19-9-5-4-8-18(19)15-26-21(27)25(14-16-6-2-1-3-7-16)20(24-26)17-10-12-23-13-11-17;/h1-9,17,23H,10-15H2;1H. The molecule has 0 unspecified atom stereocenters. The molecule has 0 spiro atoms. The van der Waals surface area contributed by atoms with Gasteiger partial charge in [0, 0.05) is 11.5 Å². The van der Waals surface area contributed by atoms with E-state index in [0.29, 0.717) is 12.1 Å². The van der Waals surface area contributed by atoms with E-state index in [1.807, 2.05) is 30.3 Å². The summed E-state index contributed by atoms with van der Waals surface area (Å²) in [4.78, 5) is 13.1. The van der Waals surface area contributed by atoms with Gasteiger partial charge in [0.1, 0.15) is 11.6 Å². The molecule has 4 rings (SSSR count). The maximum absolute atomic E-state index is 14.1. The Morgan fingerprint density at radius 2 is 1.68 bits per heavy atom. The lowest BCUT2D eigenvalue weighted by molar-refractivity contribution is 0.430.